The lowest BCUT2D eigenvalue weighted by Crippen LogP contribution is -2.18. The number of benzene rings is 1. The Morgan fingerprint density at radius 2 is 2.10 bits per heavy atom. The van der Waals surface area contributed by atoms with Crippen molar-refractivity contribution in [3.05, 3.63) is 18.2 Å². The minimum Gasteiger partial charge on any atom is -0.497 e. The first-order valence-corrected chi connectivity index (χ1v) is 6.19. The second-order valence-electron chi connectivity index (χ2n) is 4.27. The van der Waals surface area contributed by atoms with Gasteiger partial charge in [-0.1, -0.05) is 0 Å². The number of carbonyl (C=O) groups excluding carboxylic acids is 1. The van der Waals surface area contributed by atoms with E-state index >= 15 is 0 Å². The number of carbonyl (C=O) groups is 1. The molecule has 3 N–H and O–H groups in total. The van der Waals surface area contributed by atoms with E-state index < -0.39 is 12.8 Å². The van der Waals surface area contributed by atoms with Crippen LogP contribution in [0.2, 0.25) is 0 Å². The molecule has 5 nitrogen and oxygen atoms in total. The fourth-order valence-electron chi connectivity index (χ4n) is 1.52. The van der Waals surface area contributed by atoms with Gasteiger partial charge >= 0.3 is 6.18 Å². The van der Waals surface area contributed by atoms with Gasteiger partial charge in [0.15, 0.2) is 0 Å². The van der Waals surface area contributed by atoms with Crippen LogP contribution in [0.25, 0.3) is 0 Å². The van der Waals surface area contributed by atoms with Gasteiger partial charge in [-0.2, -0.15) is 13.2 Å². The van der Waals surface area contributed by atoms with Crippen LogP contribution >= 0.6 is 0 Å². The van der Waals surface area contributed by atoms with Gasteiger partial charge in [-0.3, -0.25) is 4.79 Å². The normalized spacial score (nSPS) is 11.2. The molecule has 0 heterocycles. The average molecular weight is 306 g/mol. The first kappa shape index (κ1) is 17.1. The number of rotatable bonds is 7. The molecule has 0 atom stereocenters. The number of hydrogen-bond acceptors (Lipinski definition) is 4. The van der Waals surface area contributed by atoms with E-state index in [1.54, 1.807) is 18.2 Å². The van der Waals surface area contributed by atoms with Gasteiger partial charge < -0.3 is 20.5 Å². The molecule has 0 aromatic heterocycles. The van der Waals surface area contributed by atoms with Crippen molar-refractivity contribution in [2.45, 2.75) is 19.0 Å². The van der Waals surface area contributed by atoms with E-state index in [4.69, 9.17) is 10.5 Å². The van der Waals surface area contributed by atoms with Crippen LogP contribution in [0.15, 0.2) is 18.2 Å². The molecule has 0 unspecified atom stereocenters. The third kappa shape index (κ3) is 6.84. The largest absolute Gasteiger partial charge is 0.497 e. The molecule has 0 aliphatic heterocycles. The number of halogens is 3. The van der Waals surface area contributed by atoms with Crippen LogP contribution in [0.3, 0.4) is 0 Å². The Morgan fingerprint density at radius 3 is 2.67 bits per heavy atom. The molecule has 0 aliphatic carbocycles. The lowest BCUT2D eigenvalue weighted by molar-refractivity contribution is -0.174. The Kier molecular flexibility index (Phi) is 6.29. The van der Waals surface area contributed by atoms with Gasteiger partial charge in [0.2, 0.25) is 5.91 Å². The van der Waals surface area contributed by atoms with Crippen LogP contribution in [0, 0.1) is 0 Å². The maximum atomic E-state index is 11.8. The summed E-state index contributed by atoms with van der Waals surface area (Å²) in [5.74, 6) is 0.216. The van der Waals surface area contributed by atoms with Crippen molar-refractivity contribution in [3.63, 3.8) is 0 Å². The third-order valence-corrected chi connectivity index (χ3v) is 2.49. The summed E-state index contributed by atoms with van der Waals surface area (Å²) < 4.78 is 44.8. The quantitative estimate of drug-likeness (QED) is 0.600. The first-order chi connectivity index (χ1) is 9.81. The Bertz CT molecular complexity index is 478. The molecule has 1 amide bonds. The Labute approximate surface area is 120 Å². The number of nitrogen functional groups attached to an aromatic ring is 1. The predicted molar refractivity (Wildman–Crippen MR) is 72.1 cm³/mol. The maximum Gasteiger partial charge on any atom is 0.411 e. The highest BCUT2D eigenvalue weighted by atomic mass is 19.4. The highest BCUT2D eigenvalue weighted by molar-refractivity contribution is 5.93. The smallest absolute Gasteiger partial charge is 0.411 e. The van der Waals surface area contributed by atoms with E-state index in [0.717, 1.165) is 0 Å². The third-order valence-electron chi connectivity index (χ3n) is 2.49. The molecule has 1 rings (SSSR count). The zero-order valence-electron chi connectivity index (χ0n) is 11.5. The maximum absolute atomic E-state index is 11.8. The molecule has 0 saturated carbocycles. The molecule has 0 radical (unpaired) electrons. The monoisotopic (exact) mass is 306 g/mol. The number of hydrogen-bond donors (Lipinski definition) is 2. The van der Waals surface area contributed by atoms with Gasteiger partial charge in [0.1, 0.15) is 12.4 Å². The van der Waals surface area contributed by atoms with E-state index in [1.165, 1.54) is 7.11 Å². The molecular weight excluding hydrogens is 289 g/mol. The summed E-state index contributed by atoms with van der Waals surface area (Å²) in [6, 6.07) is 4.78. The average Bonchev–Trinajstić information content (AvgIpc) is 2.39. The fourth-order valence-corrected chi connectivity index (χ4v) is 1.52. The van der Waals surface area contributed by atoms with Crippen LogP contribution in [0.1, 0.15) is 12.8 Å². The molecule has 0 spiro atoms. The summed E-state index contributed by atoms with van der Waals surface area (Å²) in [7, 11) is 1.49. The summed E-state index contributed by atoms with van der Waals surface area (Å²) in [5, 5.41) is 2.57. The summed E-state index contributed by atoms with van der Waals surface area (Å²) >= 11 is 0. The Hall–Kier alpha value is -1.96. The second kappa shape index (κ2) is 7.72. The number of anilines is 2. The van der Waals surface area contributed by atoms with E-state index in [2.05, 4.69) is 10.1 Å². The number of nitrogens with one attached hydrogen (secondary N) is 1. The van der Waals surface area contributed by atoms with Crippen molar-refractivity contribution < 1.29 is 27.4 Å². The minimum absolute atomic E-state index is 0.0450. The lowest BCUT2D eigenvalue weighted by atomic mass is 10.2. The van der Waals surface area contributed by atoms with Gasteiger partial charge in [0.05, 0.1) is 18.5 Å². The van der Waals surface area contributed by atoms with E-state index in [-0.39, 0.29) is 25.4 Å². The fraction of sp³-hybridized carbons (Fsp3) is 0.462. The minimum atomic E-state index is -4.35. The van der Waals surface area contributed by atoms with Crippen LogP contribution < -0.4 is 15.8 Å². The molecule has 118 valence electrons. The Balaban J connectivity index is 2.31. The zero-order chi connectivity index (χ0) is 15.9. The van der Waals surface area contributed by atoms with E-state index in [1.807, 2.05) is 0 Å². The topological polar surface area (TPSA) is 73.6 Å². The van der Waals surface area contributed by atoms with Gasteiger partial charge in [-0.15, -0.1) is 0 Å². The number of ether oxygens (including phenoxy) is 2. The summed E-state index contributed by atoms with van der Waals surface area (Å²) in [4.78, 5) is 11.6. The molecule has 1 aromatic carbocycles. The molecule has 21 heavy (non-hydrogen) atoms. The molecule has 0 fully saturated rings. The number of nitrogens with two attached hydrogens (primary N) is 1. The van der Waals surface area contributed by atoms with Gasteiger partial charge in [-0.25, -0.2) is 0 Å². The van der Waals surface area contributed by atoms with E-state index in [0.29, 0.717) is 17.1 Å². The first-order valence-electron chi connectivity index (χ1n) is 6.19. The molecule has 8 heteroatoms. The van der Waals surface area contributed by atoms with Crippen LogP contribution in [0.4, 0.5) is 24.5 Å². The van der Waals surface area contributed by atoms with Crippen LogP contribution in [0.5, 0.6) is 5.75 Å². The van der Waals surface area contributed by atoms with Gasteiger partial charge in [0, 0.05) is 19.1 Å². The van der Waals surface area contributed by atoms with Crippen molar-refractivity contribution in [3.8, 4) is 5.75 Å². The SMILES string of the molecule is COc1ccc(NC(=O)CCCOCC(F)(F)F)c(N)c1. The predicted octanol–water partition coefficient (Wildman–Crippen LogP) is 2.58. The van der Waals surface area contributed by atoms with E-state index in [9.17, 15) is 18.0 Å². The number of alkyl halides is 3. The van der Waals surface area contributed by atoms with Crippen LogP contribution in [-0.2, 0) is 9.53 Å². The van der Waals surface area contributed by atoms with Crippen molar-refractivity contribution in [2.75, 3.05) is 31.4 Å². The molecule has 1 aromatic rings. The van der Waals surface area contributed by atoms with Gasteiger partial charge in [0.25, 0.3) is 0 Å². The Morgan fingerprint density at radius 1 is 1.38 bits per heavy atom. The molecule has 0 bridgehead atoms. The lowest BCUT2D eigenvalue weighted by Gasteiger charge is -2.10. The summed E-state index contributed by atoms with van der Waals surface area (Å²) in [6.45, 7) is -1.44. The summed E-state index contributed by atoms with van der Waals surface area (Å²) in [5.41, 5.74) is 6.50. The van der Waals surface area contributed by atoms with Gasteiger partial charge in [-0.05, 0) is 18.6 Å². The second-order valence-corrected chi connectivity index (χ2v) is 4.27. The molecule has 0 aliphatic rings. The number of amides is 1. The molecule has 0 saturated heterocycles. The van der Waals surface area contributed by atoms with Crippen LogP contribution in [-0.4, -0.2) is 32.4 Å². The highest BCUT2D eigenvalue weighted by Gasteiger charge is 2.27. The van der Waals surface area contributed by atoms with Crippen molar-refractivity contribution >= 4 is 17.3 Å². The van der Waals surface area contributed by atoms with Crippen molar-refractivity contribution in [1.29, 1.82) is 0 Å². The zero-order valence-corrected chi connectivity index (χ0v) is 11.5. The van der Waals surface area contributed by atoms with Crippen molar-refractivity contribution in [1.82, 2.24) is 0 Å². The summed E-state index contributed by atoms with van der Waals surface area (Å²) in [6.07, 6.45) is -4.11. The number of methoxy groups -OCH3 is 1. The van der Waals surface area contributed by atoms with Crippen molar-refractivity contribution in [2.24, 2.45) is 0 Å². The standard InChI is InChI=1S/C13H17F3N2O3/c1-20-9-4-5-11(10(17)7-9)18-12(19)3-2-6-21-8-13(14,15)16/h4-5,7H,2-3,6,8,17H2,1H3,(H,18,19). The highest BCUT2D eigenvalue weighted by Crippen LogP contribution is 2.24. The molecular formula is C13H17F3N2O3.